The fraction of sp³-hybridized carbons (Fsp3) is 0.506. The molecule has 0 spiro atoms. The van der Waals surface area contributed by atoms with E-state index in [0.29, 0.717) is 63.1 Å². The monoisotopic (exact) mass is 1500 g/mol. The Morgan fingerprint density at radius 2 is 1.18 bits per heavy atom. The molecule has 2 aliphatic carbocycles. The number of imidazole rings is 2. The Morgan fingerprint density at radius 3 is 1.77 bits per heavy atom. The number of aromatic nitrogens is 4. The number of nitrogens with one attached hydrogen (secondary N) is 4. The van der Waals surface area contributed by atoms with Crippen LogP contribution in [0.2, 0.25) is 0 Å². The van der Waals surface area contributed by atoms with Gasteiger partial charge in [0.1, 0.15) is 54.0 Å². The highest BCUT2D eigenvalue weighted by atomic mass is 16.6. The number of benzene rings is 5. The molecule has 1 saturated carbocycles. The molecule has 23 heteroatoms. The highest BCUT2D eigenvalue weighted by molar-refractivity contribution is 6.08. The molecule has 10 atom stereocenters. The maximum absolute atomic E-state index is 14.0. The van der Waals surface area contributed by atoms with Crippen LogP contribution in [-0.4, -0.2) is 162 Å². The first-order valence-corrected chi connectivity index (χ1v) is 39.3. The number of hydrogen-bond acceptors (Lipinski definition) is 16. The molecule has 5 amide bonds. The number of likely N-dealkylation sites (tertiary alicyclic amines) is 3. The maximum Gasteiger partial charge on any atom is 0.410 e. The lowest BCUT2D eigenvalue weighted by molar-refractivity contribution is -0.136. The average molecular weight is 1500 g/mol. The highest BCUT2D eigenvalue weighted by Gasteiger charge is 2.46. The van der Waals surface area contributed by atoms with E-state index in [9.17, 15) is 34.2 Å². The number of H-pyrrole nitrogens is 2. The summed E-state index contributed by atoms with van der Waals surface area (Å²) in [5.74, 6) is 4.27. The lowest BCUT2D eigenvalue weighted by Crippen LogP contribution is -2.55. The number of aliphatic hydroxyl groups is 2. The van der Waals surface area contributed by atoms with Gasteiger partial charge in [-0.05, 0) is 244 Å². The average Bonchev–Trinajstić information content (AvgIpc) is 1.13. The van der Waals surface area contributed by atoms with Crippen LogP contribution in [0.3, 0.4) is 0 Å². The highest BCUT2D eigenvalue weighted by Crippen LogP contribution is 2.50. The quantitative estimate of drug-likeness (QED) is 0.0491. The van der Waals surface area contributed by atoms with Crippen molar-refractivity contribution in [3.63, 3.8) is 0 Å². The number of hydrogen-bond donors (Lipinski definition) is 6. The number of aryl methyl sites for hydroxylation is 1. The first-order chi connectivity index (χ1) is 52.4. The van der Waals surface area contributed by atoms with Gasteiger partial charge in [0.2, 0.25) is 11.8 Å². The van der Waals surface area contributed by atoms with Gasteiger partial charge in [0.05, 0.1) is 61.8 Å². The standard InChI is InChI=1S/C45H56N6O7.C41H47N5O5.CH4/c1-24(2)40(49-43(54)56-7)42(53)51-25(3)8-13-37(51)35-19-32-31-20-39-33(18-27(31)10-12-34(32)47-35)30-11-9-28(17-29(30)23-57-39)36-21-46-41(48-36)38-16-26(14-15-52)22-50(38)44(55)58-45(4,5)6;1-22(2)38(45-41(49)50-4)40(48)46-23(3)5-12-36(46)34-18-31-30-19-37-32(17-25(30)9-11-33(31)43-34)29-10-8-26(16-28(29)21-51-37)35-20-42-39(44-35)27-7-6-24(15-27)13-14-47;/h9,11,17-18,20-21,24-26,37-38,40,52H,8,10,12-16,19,22-23H2,1-7H3,(H,46,48)(H,49,54);8-11,16-17,19-20,22-24,27,36,38,47H,5-7,12-15,18,21H2,1-4H3,(H,42,44)(H,45,49);1H4/t25-,26-,37-,38-,40-;23-,24-,27-,36-,38-;/m00./s1. The van der Waals surface area contributed by atoms with E-state index in [1.54, 1.807) is 4.90 Å². The number of nitrogens with zero attached hydrogens (tertiary/aromatic N) is 7. The van der Waals surface area contributed by atoms with Crippen molar-refractivity contribution in [3.05, 3.63) is 130 Å². The number of aliphatic imine (C=N–C) groups is 2. The van der Waals surface area contributed by atoms with Gasteiger partial charge in [0.15, 0.2) is 0 Å². The minimum Gasteiger partial charge on any atom is -0.488 e. The number of methoxy groups -OCH3 is 2. The number of allylic oxidation sites excluding steroid dienone is 2. The molecule has 5 aromatic carbocycles. The normalized spacial score (nSPS) is 22.6. The van der Waals surface area contributed by atoms with Crippen molar-refractivity contribution in [2.24, 2.45) is 33.7 Å². The number of ether oxygens (including phenoxy) is 5. The van der Waals surface area contributed by atoms with E-state index in [1.807, 2.05) is 70.7 Å². The van der Waals surface area contributed by atoms with E-state index in [-0.39, 0.29) is 86.5 Å². The van der Waals surface area contributed by atoms with Gasteiger partial charge in [-0.1, -0.05) is 65.5 Å². The Bertz CT molecular complexity index is 4810. The summed E-state index contributed by atoms with van der Waals surface area (Å²) in [6.07, 6.45) is 14.2. The Labute approximate surface area is 644 Å². The van der Waals surface area contributed by atoms with Gasteiger partial charge in [0.25, 0.3) is 0 Å². The zero-order chi connectivity index (χ0) is 76.4. The van der Waals surface area contributed by atoms with E-state index >= 15 is 0 Å². The summed E-state index contributed by atoms with van der Waals surface area (Å²) in [5, 5.41) is 26.8. The molecule has 0 radical (unpaired) electrons. The van der Waals surface area contributed by atoms with Crippen LogP contribution >= 0.6 is 0 Å². The number of alkyl carbamates (subject to hydrolysis) is 2. The lowest BCUT2D eigenvalue weighted by atomic mass is 9.83. The topological polar surface area (TPSA) is 288 Å². The minimum atomic E-state index is -0.681. The van der Waals surface area contributed by atoms with Crippen molar-refractivity contribution >= 4 is 63.6 Å². The maximum atomic E-state index is 14.0. The summed E-state index contributed by atoms with van der Waals surface area (Å²) >= 11 is 0. The first kappa shape index (κ1) is 76.9. The third kappa shape index (κ3) is 15.0. The number of carbonyl (C=O) groups is 5. The van der Waals surface area contributed by atoms with E-state index in [2.05, 4.69) is 107 Å². The summed E-state index contributed by atoms with van der Waals surface area (Å²) in [7, 11) is 2.63. The molecule has 16 rings (SSSR count). The lowest BCUT2D eigenvalue weighted by Gasteiger charge is -2.34. The molecule has 9 aliphatic rings. The van der Waals surface area contributed by atoms with Gasteiger partial charge in [-0.2, -0.15) is 0 Å². The van der Waals surface area contributed by atoms with Crippen molar-refractivity contribution in [2.75, 3.05) is 34.0 Å². The van der Waals surface area contributed by atoms with Crippen LogP contribution in [0, 0.1) is 23.7 Å². The molecule has 9 heterocycles. The molecule has 7 aromatic rings. The largest absolute Gasteiger partial charge is 0.488 e. The fourth-order valence-electron chi connectivity index (χ4n) is 18.4. The molecule has 0 bridgehead atoms. The number of rotatable bonds is 16. The second-order valence-corrected chi connectivity index (χ2v) is 33.1. The molecule has 6 N–H and O–H groups in total. The molecule has 110 heavy (non-hydrogen) atoms. The van der Waals surface area contributed by atoms with Crippen molar-refractivity contribution in [3.8, 4) is 56.3 Å². The van der Waals surface area contributed by atoms with Crippen molar-refractivity contribution in [1.82, 2.24) is 45.3 Å². The molecule has 582 valence electrons. The molecular formula is C87H107N11O12. The van der Waals surface area contributed by atoms with Crippen LogP contribution in [0.1, 0.15) is 198 Å². The van der Waals surface area contributed by atoms with Crippen molar-refractivity contribution in [1.29, 1.82) is 0 Å². The molecule has 23 nitrogen and oxygen atoms in total. The third-order valence-corrected chi connectivity index (χ3v) is 24.1. The molecule has 0 unspecified atom stereocenters. The van der Waals surface area contributed by atoms with E-state index in [1.165, 1.54) is 36.5 Å². The van der Waals surface area contributed by atoms with Crippen LogP contribution in [-0.2, 0) is 49.9 Å². The Balaban J connectivity index is 0.000000183. The Hall–Kier alpha value is -9.87. The van der Waals surface area contributed by atoms with Gasteiger partial charge in [-0.25, -0.2) is 24.4 Å². The zero-order valence-corrected chi connectivity index (χ0v) is 64.6. The Morgan fingerprint density at radius 1 is 0.609 bits per heavy atom. The predicted molar refractivity (Wildman–Crippen MR) is 424 cm³/mol. The van der Waals surface area contributed by atoms with Gasteiger partial charge < -0.3 is 64.3 Å². The summed E-state index contributed by atoms with van der Waals surface area (Å²) in [6, 6.07) is 24.3. The molecule has 3 saturated heterocycles. The number of aliphatic hydroxyl groups excluding tert-OH is 2. The summed E-state index contributed by atoms with van der Waals surface area (Å²) in [4.78, 5) is 97.9. The van der Waals surface area contributed by atoms with Crippen LogP contribution in [0.5, 0.6) is 11.5 Å². The van der Waals surface area contributed by atoms with Gasteiger partial charge in [0, 0.05) is 78.8 Å². The molecule has 2 aromatic heterocycles. The second-order valence-electron chi connectivity index (χ2n) is 33.1. The summed E-state index contributed by atoms with van der Waals surface area (Å²) in [6.45, 7) is 19.2. The second kappa shape index (κ2) is 31.5. The van der Waals surface area contributed by atoms with Crippen LogP contribution in [0.25, 0.3) is 61.1 Å². The smallest absolute Gasteiger partial charge is 0.410 e. The van der Waals surface area contributed by atoms with Crippen LogP contribution < -0.4 is 20.1 Å². The van der Waals surface area contributed by atoms with Crippen LogP contribution in [0.15, 0.2) is 101 Å². The van der Waals surface area contributed by atoms with E-state index < -0.39 is 29.9 Å². The molecule has 4 fully saturated rings. The predicted octanol–water partition coefficient (Wildman–Crippen LogP) is 15.7. The van der Waals surface area contributed by atoms with Gasteiger partial charge in [-0.3, -0.25) is 24.5 Å². The van der Waals surface area contributed by atoms with E-state index in [4.69, 9.17) is 43.6 Å². The minimum absolute atomic E-state index is 0. The number of fused-ring (bicyclic) bond motifs is 11. The number of carbonyl (C=O) groups excluding carboxylic acids is 5. The van der Waals surface area contributed by atoms with Crippen molar-refractivity contribution in [2.45, 2.75) is 227 Å². The number of amides is 5. The summed E-state index contributed by atoms with van der Waals surface area (Å²) < 4.78 is 28.3. The number of aromatic amines is 2. The Kier molecular flexibility index (Phi) is 22.0. The van der Waals surface area contributed by atoms with E-state index in [0.717, 1.165) is 171 Å². The third-order valence-electron chi connectivity index (χ3n) is 24.1. The zero-order valence-electron chi connectivity index (χ0n) is 64.6. The molecule has 7 aliphatic heterocycles. The van der Waals surface area contributed by atoms with Crippen LogP contribution in [0.4, 0.5) is 20.1 Å². The van der Waals surface area contributed by atoms with Gasteiger partial charge in [-0.15, -0.1) is 0 Å². The summed E-state index contributed by atoms with van der Waals surface area (Å²) in [5.41, 5.74) is 18.9. The first-order valence-electron chi connectivity index (χ1n) is 39.3. The molecular weight excluding hydrogens is 1390 g/mol. The SMILES string of the molecule is C.COC(=O)N[C@H](C(=O)N1[C@@H](C)CC[C@H]1C1=NC2=C(C1)c1cc3c(cc1CC2)-c1ccc(-c2cnc([C@@H]4C[C@H](CCO)CN4C(=O)OC(C)(C)C)[nH]2)cc1CO3)C(C)C.COC(=O)N[C@H](C(=O)N1[C@@H](C)CC[C@H]1C1=Nc2ccc3cc4c(cc3c2C1)OCc1cc(-c2cnc([C@H]3CC[C@@H](CCO)C3)[nH]2)ccc1-4)C(C)C. The van der Waals surface area contributed by atoms with Crippen molar-refractivity contribution < 1.29 is 57.9 Å². The van der Waals surface area contributed by atoms with Gasteiger partial charge >= 0.3 is 18.3 Å². The fourth-order valence-corrected chi connectivity index (χ4v) is 18.4.